The van der Waals surface area contributed by atoms with E-state index in [0.29, 0.717) is 26.1 Å². The van der Waals surface area contributed by atoms with Crippen LogP contribution in [0.4, 0.5) is 5.82 Å². The average Bonchev–Trinajstić information content (AvgIpc) is 2.58. The van der Waals surface area contributed by atoms with Crippen molar-refractivity contribution in [3.05, 3.63) is 17.6 Å². The van der Waals surface area contributed by atoms with Crippen LogP contribution in [-0.2, 0) is 11.2 Å². The summed E-state index contributed by atoms with van der Waals surface area (Å²) in [6.07, 6.45) is 3.19. The van der Waals surface area contributed by atoms with Crippen LogP contribution in [0.2, 0.25) is 0 Å². The van der Waals surface area contributed by atoms with E-state index in [-0.39, 0.29) is 11.8 Å². The van der Waals surface area contributed by atoms with E-state index in [9.17, 15) is 9.90 Å². The maximum absolute atomic E-state index is 12.2. The predicted octanol–water partition coefficient (Wildman–Crippen LogP) is 0.968. The molecule has 0 bridgehead atoms. The molecule has 1 aromatic heterocycles. The normalized spacial score (nSPS) is 21.1. The van der Waals surface area contributed by atoms with Crippen LogP contribution in [0.5, 0.6) is 0 Å². The highest BCUT2D eigenvalue weighted by molar-refractivity contribution is 5.79. The number of unbranched alkanes of at least 4 members (excludes halogenated alkanes) is 1. The van der Waals surface area contributed by atoms with Gasteiger partial charge in [-0.1, -0.05) is 13.3 Å². The van der Waals surface area contributed by atoms with Gasteiger partial charge in [0.2, 0.25) is 5.91 Å². The van der Waals surface area contributed by atoms with Crippen molar-refractivity contribution >= 4 is 11.7 Å². The van der Waals surface area contributed by atoms with Gasteiger partial charge in [-0.3, -0.25) is 4.79 Å². The van der Waals surface area contributed by atoms with Gasteiger partial charge in [0.1, 0.15) is 11.6 Å². The smallest absolute Gasteiger partial charge is 0.227 e. The number of piperidine rings is 1. The zero-order valence-electron chi connectivity index (χ0n) is 15.6. The highest BCUT2D eigenvalue weighted by Gasteiger charge is 2.31. The van der Waals surface area contributed by atoms with E-state index in [1.54, 1.807) is 0 Å². The minimum absolute atomic E-state index is 0.0802. The molecule has 0 aromatic carbocycles. The molecule has 0 saturated carbocycles. The summed E-state index contributed by atoms with van der Waals surface area (Å²) in [6, 6.07) is 1.91. The van der Waals surface area contributed by atoms with Crippen molar-refractivity contribution in [1.29, 1.82) is 0 Å². The molecule has 7 heteroatoms. The van der Waals surface area contributed by atoms with E-state index in [2.05, 4.69) is 32.4 Å². The Kier molecular flexibility index (Phi) is 7.58. The Balaban J connectivity index is 1.77. The van der Waals surface area contributed by atoms with Gasteiger partial charge in [0, 0.05) is 44.4 Å². The third-order valence-corrected chi connectivity index (χ3v) is 4.50. The van der Waals surface area contributed by atoms with E-state index in [1.807, 2.05) is 20.0 Å². The van der Waals surface area contributed by atoms with Crippen LogP contribution in [0, 0.1) is 12.8 Å². The van der Waals surface area contributed by atoms with Gasteiger partial charge in [0.15, 0.2) is 0 Å². The van der Waals surface area contributed by atoms with Crippen LogP contribution >= 0.6 is 0 Å². The second kappa shape index (κ2) is 9.68. The summed E-state index contributed by atoms with van der Waals surface area (Å²) in [6.45, 7) is 6.64. The summed E-state index contributed by atoms with van der Waals surface area (Å²) in [5.41, 5.74) is 0.945. The number of aromatic nitrogens is 2. The number of hydrogen-bond acceptors (Lipinski definition) is 6. The van der Waals surface area contributed by atoms with Gasteiger partial charge >= 0.3 is 0 Å². The molecule has 1 aliphatic heterocycles. The molecule has 1 amide bonds. The number of nitrogens with zero attached hydrogens (tertiary/aromatic N) is 3. The lowest BCUT2D eigenvalue weighted by molar-refractivity contribution is -0.131. The molecule has 7 nitrogen and oxygen atoms in total. The minimum atomic E-state index is -0.546. The molecule has 2 atom stereocenters. The molecular formula is C18H31N5O2. The molecule has 0 aliphatic carbocycles. The first-order valence-corrected chi connectivity index (χ1v) is 9.22. The third kappa shape index (κ3) is 6.25. The van der Waals surface area contributed by atoms with Crippen LogP contribution in [0.25, 0.3) is 0 Å². The number of aliphatic hydroxyl groups excluding tert-OH is 1. The Hall–Kier alpha value is -1.73. The molecule has 1 aliphatic rings. The molecular weight excluding hydrogens is 318 g/mol. The fourth-order valence-electron chi connectivity index (χ4n) is 3.03. The summed E-state index contributed by atoms with van der Waals surface area (Å²) in [4.78, 5) is 23.3. The first kappa shape index (κ1) is 19.6. The van der Waals surface area contributed by atoms with Crippen molar-refractivity contribution in [2.24, 2.45) is 5.92 Å². The van der Waals surface area contributed by atoms with Gasteiger partial charge in [0.05, 0.1) is 12.0 Å². The Morgan fingerprint density at radius 1 is 1.40 bits per heavy atom. The Bertz CT molecular complexity index is 566. The quantitative estimate of drug-likeness (QED) is 0.606. The summed E-state index contributed by atoms with van der Waals surface area (Å²) >= 11 is 0. The van der Waals surface area contributed by atoms with E-state index in [0.717, 1.165) is 43.1 Å². The molecule has 3 N–H and O–H groups in total. The lowest BCUT2D eigenvalue weighted by Crippen LogP contribution is -2.49. The number of rotatable bonds is 8. The van der Waals surface area contributed by atoms with Crippen LogP contribution in [0.15, 0.2) is 6.07 Å². The molecule has 140 valence electrons. The number of likely N-dealkylation sites (tertiary alicyclic amines) is 1. The molecule has 0 unspecified atom stereocenters. The van der Waals surface area contributed by atoms with Crippen LogP contribution in [0.1, 0.15) is 37.7 Å². The van der Waals surface area contributed by atoms with Crippen molar-refractivity contribution in [3.8, 4) is 0 Å². The van der Waals surface area contributed by atoms with Gasteiger partial charge in [-0.2, -0.15) is 0 Å². The first-order valence-electron chi connectivity index (χ1n) is 9.22. The molecule has 1 aromatic rings. The number of carbonyl (C=O) groups is 1. The SMILES string of the molecule is CCCCc1nc(C)cc(NCCNC(=O)[C@@H]2CN(C)CC[C@@H]2O)n1. The molecule has 1 saturated heterocycles. The third-order valence-electron chi connectivity index (χ3n) is 4.50. The zero-order valence-corrected chi connectivity index (χ0v) is 15.6. The van der Waals surface area contributed by atoms with Crippen LogP contribution in [-0.4, -0.2) is 65.2 Å². The first-order chi connectivity index (χ1) is 12.0. The molecule has 0 radical (unpaired) electrons. The maximum atomic E-state index is 12.2. The fourth-order valence-corrected chi connectivity index (χ4v) is 3.03. The largest absolute Gasteiger partial charge is 0.392 e. The van der Waals surface area contributed by atoms with E-state index >= 15 is 0 Å². The van der Waals surface area contributed by atoms with Crippen molar-refractivity contribution in [1.82, 2.24) is 20.2 Å². The van der Waals surface area contributed by atoms with Crippen LogP contribution in [0.3, 0.4) is 0 Å². The van der Waals surface area contributed by atoms with Crippen molar-refractivity contribution in [2.45, 2.75) is 45.6 Å². The highest BCUT2D eigenvalue weighted by atomic mass is 16.3. The number of anilines is 1. The molecule has 2 heterocycles. The average molecular weight is 349 g/mol. The van der Waals surface area contributed by atoms with Crippen molar-refractivity contribution < 1.29 is 9.90 Å². The van der Waals surface area contributed by atoms with E-state index < -0.39 is 6.10 Å². The van der Waals surface area contributed by atoms with Crippen molar-refractivity contribution in [2.75, 3.05) is 38.5 Å². The molecule has 0 spiro atoms. The topological polar surface area (TPSA) is 90.4 Å². The number of carbonyl (C=O) groups excluding carboxylic acids is 1. The number of nitrogens with one attached hydrogen (secondary N) is 2. The van der Waals surface area contributed by atoms with Gasteiger partial charge in [-0.15, -0.1) is 0 Å². The summed E-state index contributed by atoms with van der Waals surface area (Å²) in [5, 5.41) is 16.2. The Morgan fingerprint density at radius 3 is 2.96 bits per heavy atom. The number of amides is 1. The maximum Gasteiger partial charge on any atom is 0.227 e. The standard InChI is InChI=1S/C18H31N5O2/c1-4-5-6-16-21-13(2)11-17(22-16)19-8-9-20-18(25)14-12-23(3)10-7-15(14)24/h11,14-15,24H,4-10,12H2,1-3H3,(H,20,25)(H,19,21,22)/t14-,15+/m1/s1. The zero-order chi connectivity index (χ0) is 18.2. The second-order valence-corrected chi connectivity index (χ2v) is 6.86. The molecule has 25 heavy (non-hydrogen) atoms. The summed E-state index contributed by atoms with van der Waals surface area (Å²) in [7, 11) is 1.97. The predicted molar refractivity (Wildman–Crippen MR) is 98.5 cm³/mol. The summed E-state index contributed by atoms with van der Waals surface area (Å²) in [5.74, 6) is 1.23. The lowest BCUT2D eigenvalue weighted by Gasteiger charge is -2.32. The number of hydrogen-bond donors (Lipinski definition) is 3. The van der Waals surface area contributed by atoms with Gasteiger partial charge in [-0.25, -0.2) is 9.97 Å². The fraction of sp³-hybridized carbons (Fsp3) is 0.722. The van der Waals surface area contributed by atoms with Crippen LogP contribution < -0.4 is 10.6 Å². The molecule has 1 fully saturated rings. The highest BCUT2D eigenvalue weighted by Crippen LogP contribution is 2.16. The van der Waals surface area contributed by atoms with Crippen molar-refractivity contribution in [3.63, 3.8) is 0 Å². The second-order valence-electron chi connectivity index (χ2n) is 6.86. The van der Waals surface area contributed by atoms with E-state index in [1.165, 1.54) is 0 Å². The Morgan fingerprint density at radius 2 is 2.20 bits per heavy atom. The Labute approximate surface area is 150 Å². The molecule has 2 rings (SSSR count). The van der Waals surface area contributed by atoms with Gasteiger partial charge < -0.3 is 20.6 Å². The minimum Gasteiger partial charge on any atom is -0.392 e. The lowest BCUT2D eigenvalue weighted by atomic mass is 9.94. The van der Waals surface area contributed by atoms with Gasteiger partial charge in [-0.05, 0) is 26.8 Å². The summed E-state index contributed by atoms with van der Waals surface area (Å²) < 4.78 is 0. The monoisotopic (exact) mass is 349 g/mol. The van der Waals surface area contributed by atoms with Gasteiger partial charge in [0.25, 0.3) is 0 Å². The van der Waals surface area contributed by atoms with E-state index in [4.69, 9.17) is 0 Å². The number of aryl methyl sites for hydroxylation is 2. The number of aliphatic hydroxyl groups is 1.